The molecule has 0 aromatic carbocycles. The van der Waals surface area contributed by atoms with Gasteiger partial charge in [0.15, 0.2) is 0 Å². The van der Waals surface area contributed by atoms with Crippen LogP contribution in [0.5, 0.6) is 0 Å². The van der Waals surface area contributed by atoms with Gasteiger partial charge in [-0.1, -0.05) is 0 Å². The van der Waals surface area contributed by atoms with E-state index in [0.717, 1.165) is 0 Å². The molecule has 0 fully saturated rings. The highest BCUT2D eigenvalue weighted by molar-refractivity contribution is 5.18. The van der Waals surface area contributed by atoms with Gasteiger partial charge in [0.25, 0.3) is 0 Å². The number of quaternary nitrogens is 1. The fourth-order valence-electron chi connectivity index (χ4n) is 0.521. The summed E-state index contributed by atoms with van der Waals surface area (Å²) < 4.78 is 0. The number of aliphatic hydroxyl groups is 1. The molecule has 50 valence electrons. The first-order valence-corrected chi connectivity index (χ1v) is 2.47. The lowest BCUT2D eigenvalue weighted by molar-refractivity contribution is -0.501. The first-order chi connectivity index (χ1) is 4.36. The maximum Gasteiger partial charge on any atom is 0.243 e. The summed E-state index contributed by atoms with van der Waals surface area (Å²) >= 11 is 0. The Kier molecular flexibility index (Phi) is 1.78. The Balaban J connectivity index is 2.74. The van der Waals surface area contributed by atoms with Gasteiger partial charge in [-0.05, 0) is 0 Å². The maximum absolute atomic E-state index is 9.97. The molecule has 9 heavy (non-hydrogen) atoms. The zero-order valence-corrected chi connectivity index (χ0v) is 4.66. The Labute approximate surface area is 51.3 Å². The topological polar surface area (TPSA) is 88.6 Å². The molecule has 0 saturated heterocycles. The number of nitrogens with one attached hydrogen (secondary N) is 1. The zero-order chi connectivity index (χ0) is 6.69. The lowest BCUT2D eigenvalue weighted by atomic mass is 10.4. The molecule has 1 aromatic heterocycles. The lowest BCUT2D eigenvalue weighted by Crippen LogP contribution is -2.70. The molecule has 0 amide bonds. The number of hydrogen-bond acceptors (Lipinski definition) is 3. The number of nitrogens with two attached hydrogens (primary N) is 1. The maximum atomic E-state index is 9.97. The van der Waals surface area contributed by atoms with E-state index in [9.17, 15) is 5.21 Å². The summed E-state index contributed by atoms with van der Waals surface area (Å²) in [7, 11) is 0. The van der Waals surface area contributed by atoms with Crippen LogP contribution in [0.1, 0.15) is 5.69 Å². The van der Waals surface area contributed by atoms with Crippen LogP contribution in [0, 0.1) is 5.21 Å². The van der Waals surface area contributed by atoms with Crippen molar-refractivity contribution in [1.82, 2.24) is 10.2 Å². The molecule has 1 aromatic rings. The number of aromatic nitrogens is 2. The van der Waals surface area contributed by atoms with E-state index in [4.69, 9.17) is 5.11 Å². The number of rotatable bonds is 2. The monoisotopic (exact) mass is 129 g/mol. The number of hydrogen-bond donors (Lipinski definition) is 3. The van der Waals surface area contributed by atoms with Crippen LogP contribution < -0.4 is 5.48 Å². The van der Waals surface area contributed by atoms with Gasteiger partial charge in [0, 0.05) is 6.07 Å². The molecule has 0 saturated carbocycles. The van der Waals surface area contributed by atoms with Crippen molar-refractivity contribution in [3.05, 3.63) is 17.0 Å². The second-order valence-electron chi connectivity index (χ2n) is 1.59. The van der Waals surface area contributed by atoms with Gasteiger partial charge in [0.05, 0.1) is 12.3 Å². The van der Waals surface area contributed by atoms with Gasteiger partial charge in [-0.2, -0.15) is 0 Å². The van der Waals surface area contributed by atoms with Crippen LogP contribution in [-0.2, 0) is 6.61 Å². The van der Waals surface area contributed by atoms with Crippen molar-refractivity contribution in [2.45, 2.75) is 6.61 Å². The summed E-state index contributed by atoms with van der Waals surface area (Å²) in [4.78, 5) is 0. The van der Waals surface area contributed by atoms with Crippen LogP contribution in [-0.4, -0.2) is 15.3 Å². The molecule has 5 heteroatoms. The molecule has 0 bridgehead atoms. The highest BCUT2D eigenvalue weighted by atomic mass is 16.5. The summed E-state index contributed by atoms with van der Waals surface area (Å²) in [6.07, 6.45) is 0. The quantitative estimate of drug-likeness (QED) is 0.429. The minimum Gasteiger partial charge on any atom is -0.629 e. The Hall–Kier alpha value is -0.910. The van der Waals surface area contributed by atoms with Gasteiger partial charge >= 0.3 is 0 Å². The summed E-state index contributed by atoms with van der Waals surface area (Å²) in [6.45, 7) is -0.110. The van der Waals surface area contributed by atoms with E-state index >= 15 is 0 Å². The molecule has 5 nitrogen and oxygen atoms in total. The average molecular weight is 129 g/mol. The SMILES string of the molecule is [O-][NH2+]c1cc(CO)[nH]n1. The van der Waals surface area contributed by atoms with Crippen molar-refractivity contribution in [1.29, 1.82) is 0 Å². The molecular weight excluding hydrogens is 122 g/mol. The van der Waals surface area contributed by atoms with E-state index in [1.54, 1.807) is 0 Å². The van der Waals surface area contributed by atoms with Crippen molar-refractivity contribution < 1.29 is 10.6 Å². The van der Waals surface area contributed by atoms with E-state index in [1.165, 1.54) is 6.07 Å². The Morgan fingerprint density at radius 1 is 1.89 bits per heavy atom. The second-order valence-corrected chi connectivity index (χ2v) is 1.59. The minimum absolute atomic E-state index is 0.110. The molecule has 0 radical (unpaired) electrons. The normalized spacial score (nSPS) is 10.0. The Morgan fingerprint density at radius 3 is 3.00 bits per heavy atom. The van der Waals surface area contributed by atoms with Gasteiger partial charge in [-0.3, -0.25) is 5.10 Å². The van der Waals surface area contributed by atoms with Crippen LogP contribution in [0.15, 0.2) is 6.07 Å². The molecule has 0 atom stereocenters. The average Bonchev–Trinajstić information content (AvgIpc) is 2.34. The summed E-state index contributed by atoms with van der Waals surface area (Å²) in [5.41, 5.74) is 1.17. The first-order valence-electron chi connectivity index (χ1n) is 2.47. The van der Waals surface area contributed by atoms with Crippen LogP contribution in [0.2, 0.25) is 0 Å². The van der Waals surface area contributed by atoms with Crippen molar-refractivity contribution in [3.8, 4) is 0 Å². The summed E-state index contributed by atoms with van der Waals surface area (Å²) in [5.74, 6) is 0.319. The standard InChI is InChI=1S/C4H7N3O2/c8-2-3-1-4(7-9)6-5-3/h1,8H,2,7H2,(H,5,6). The molecular formula is C4H7N3O2. The fourth-order valence-corrected chi connectivity index (χ4v) is 0.521. The number of aromatic amines is 1. The van der Waals surface area contributed by atoms with Crippen molar-refractivity contribution in [2.24, 2.45) is 0 Å². The van der Waals surface area contributed by atoms with Crippen LogP contribution in [0.3, 0.4) is 0 Å². The van der Waals surface area contributed by atoms with E-state index in [2.05, 4.69) is 10.2 Å². The molecule has 0 aliphatic rings. The molecule has 0 spiro atoms. The number of H-pyrrole nitrogens is 1. The third kappa shape index (κ3) is 1.26. The van der Waals surface area contributed by atoms with E-state index < -0.39 is 0 Å². The largest absolute Gasteiger partial charge is 0.629 e. The molecule has 0 aliphatic carbocycles. The van der Waals surface area contributed by atoms with Crippen LogP contribution in [0.25, 0.3) is 0 Å². The van der Waals surface area contributed by atoms with E-state index in [-0.39, 0.29) is 6.61 Å². The van der Waals surface area contributed by atoms with Gasteiger partial charge in [-0.15, -0.1) is 5.10 Å². The number of nitrogens with zero attached hydrogens (tertiary/aromatic N) is 1. The minimum atomic E-state index is -0.110. The first kappa shape index (κ1) is 6.21. The lowest BCUT2D eigenvalue weighted by Gasteiger charge is -1.90. The van der Waals surface area contributed by atoms with Gasteiger partial charge < -0.3 is 15.8 Å². The Morgan fingerprint density at radius 2 is 2.67 bits per heavy atom. The third-order valence-electron chi connectivity index (χ3n) is 0.942. The predicted molar refractivity (Wildman–Crippen MR) is 29.5 cm³/mol. The molecule has 0 unspecified atom stereocenters. The summed E-state index contributed by atoms with van der Waals surface area (Å²) in [5, 5.41) is 24.5. The van der Waals surface area contributed by atoms with Gasteiger partial charge in [-0.25, -0.2) is 0 Å². The zero-order valence-electron chi connectivity index (χ0n) is 4.66. The van der Waals surface area contributed by atoms with Crippen molar-refractivity contribution in [2.75, 3.05) is 0 Å². The smallest absolute Gasteiger partial charge is 0.243 e. The Bertz CT molecular complexity index is 167. The molecule has 1 heterocycles. The van der Waals surface area contributed by atoms with Crippen molar-refractivity contribution in [3.63, 3.8) is 0 Å². The van der Waals surface area contributed by atoms with Crippen LogP contribution in [0.4, 0.5) is 5.82 Å². The molecule has 0 aliphatic heterocycles. The van der Waals surface area contributed by atoms with E-state index in [0.29, 0.717) is 17.0 Å². The fraction of sp³-hybridized carbons (Fsp3) is 0.250. The summed E-state index contributed by atoms with van der Waals surface area (Å²) in [6, 6.07) is 1.49. The predicted octanol–water partition coefficient (Wildman–Crippen LogP) is -1.41. The third-order valence-corrected chi connectivity index (χ3v) is 0.942. The number of aliphatic hydroxyl groups excluding tert-OH is 1. The van der Waals surface area contributed by atoms with Gasteiger partial charge in [0.2, 0.25) is 5.82 Å². The second kappa shape index (κ2) is 2.58. The van der Waals surface area contributed by atoms with E-state index in [1.807, 2.05) is 0 Å². The highest BCUT2D eigenvalue weighted by Gasteiger charge is 1.96. The molecule has 1 rings (SSSR count). The van der Waals surface area contributed by atoms with Crippen LogP contribution >= 0.6 is 0 Å². The molecule has 4 N–H and O–H groups in total. The van der Waals surface area contributed by atoms with Gasteiger partial charge in [0.1, 0.15) is 0 Å². The highest BCUT2D eigenvalue weighted by Crippen LogP contribution is 1.96. The van der Waals surface area contributed by atoms with Crippen molar-refractivity contribution >= 4 is 5.82 Å².